The van der Waals surface area contributed by atoms with E-state index >= 15 is 0 Å². The van der Waals surface area contributed by atoms with E-state index in [1.165, 1.54) is 0 Å². The number of nitrogens with one attached hydrogen (secondary N) is 1. The lowest BCUT2D eigenvalue weighted by molar-refractivity contribution is -0.139. The molecule has 0 spiro atoms. The summed E-state index contributed by atoms with van der Waals surface area (Å²) in [6, 6.07) is 8.49. The van der Waals surface area contributed by atoms with Gasteiger partial charge in [0.05, 0.1) is 11.6 Å². The van der Waals surface area contributed by atoms with Crippen molar-refractivity contribution >= 4 is 5.97 Å². The van der Waals surface area contributed by atoms with Gasteiger partial charge in [-0.2, -0.15) is 5.26 Å². The largest absolute Gasteiger partial charge is 0.480 e. The van der Waals surface area contributed by atoms with Crippen LogP contribution in [0, 0.1) is 11.3 Å². The third kappa shape index (κ3) is 3.41. The Balaban J connectivity index is 2.52. The van der Waals surface area contributed by atoms with Crippen molar-refractivity contribution < 1.29 is 9.90 Å². The van der Waals surface area contributed by atoms with Gasteiger partial charge in [0, 0.05) is 6.54 Å². The summed E-state index contributed by atoms with van der Waals surface area (Å²) in [6.07, 6.45) is 0. The molecule has 4 heteroatoms. The summed E-state index contributed by atoms with van der Waals surface area (Å²) in [5.41, 5.74) is 1.56. The number of carboxylic acids is 1. The highest BCUT2D eigenvalue weighted by Gasteiger charge is 2.08. The molecule has 0 radical (unpaired) electrons. The maximum Gasteiger partial charge on any atom is 0.320 e. The fourth-order valence-electron chi connectivity index (χ4n) is 1.06. The lowest BCUT2D eigenvalue weighted by atomic mass is 10.1. The summed E-state index contributed by atoms with van der Waals surface area (Å²) >= 11 is 0. The molecule has 4 nitrogen and oxygen atoms in total. The molecule has 0 fully saturated rings. The van der Waals surface area contributed by atoms with E-state index in [-0.39, 0.29) is 0 Å². The van der Waals surface area contributed by atoms with Crippen LogP contribution in [0.3, 0.4) is 0 Å². The molecule has 0 aliphatic carbocycles. The first-order chi connectivity index (χ1) is 7.13. The summed E-state index contributed by atoms with van der Waals surface area (Å²) in [7, 11) is 0. The van der Waals surface area contributed by atoms with Gasteiger partial charge in [0.25, 0.3) is 0 Å². The van der Waals surface area contributed by atoms with Gasteiger partial charge in [0.15, 0.2) is 0 Å². The Morgan fingerprint density at radius 1 is 1.53 bits per heavy atom. The van der Waals surface area contributed by atoms with Crippen molar-refractivity contribution in [1.82, 2.24) is 5.32 Å². The molecule has 15 heavy (non-hydrogen) atoms. The second-order valence-corrected chi connectivity index (χ2v) is 3.25. The first kappa shape index (κ1) is 11.2. The van der Waals surface area contributed by atoms with Crippen LogP contribution in [-0.4, -0.2) is 17.1 Å². The number of benzene rings is 1. The molecular formula is C11H12N2O2. The van der Waals surface area contributed by atoms with Crippen molar-refractivity contribution in [3.63, 3.8) is 0 Å². The molecule has 0 aliphatic rings. The fourth-order valence-corrected chi connectivity index (χ4v) is 1.06. The number of nitriles is 1. The fraction of sp³-hybridized carbons (Fsp3) is 0.273. The van der Waals surface area contributed by atoms with Crippen LogP contribution >= 0.6 is 0 Å². The lowest BCUT2D eigenvalue weighted by Crippen LogP contribution is -2.33. The van der Waals surface area contributed by atoms with Crippen molar-refractivity contribution in [2.45, 2.75) is 19.5 Å². The van der Waals surface area contributed by atoms with Crippen LogP contribution in [0.15, 0.2) is 24.3 Å². The molecule has 0 saturated carbocycles. The van der Waals surface area contributed by atoms with Gasteiger partial charge in [-0.1, -0.05) is 12.1 Å². The second-order valence-electron chi connectivity index (χ2n) is 3.25. The monoisotopic (exact) mass is 204 g/mol. The average molecular weight is 204 g/mol. The van der Waals surface area contributed by atoms with Gasteiger partial charge >= 0.3 is 5.97 Å². The Morgan fingerprint density at radius 3 is 2.60 bits per heavy atom. The molecule has 0 unspecified atom stereocenters. The average Bonchev–Trinajstić information content (AvgIpc) is 2.26. The van der Waals surface area contributed by atoms with E-state index in [0.717, 1.165) is 5.56 Å². The number of rotatable bonds is 4. The van der Waals surface area contributed by atoms with Crippen molar-refractivity contribution in [3.8, 4) is 6.07 Å². The van der Waals surface area contributed by atoms with E-state index in [1.54, 1.807) is 31.2 Å². The Bertz CT molecular complexity index is 379. The van der Waals surface area contributed by atoms with Crippen molar-refractivity contribution in [1.29, 1.82) is 5.26 Å². The molecule has 1 aromatic carbocycles. The molecule has 0 heterocycles. The van der Waals surface area contributed by atoms with Crippen LogP contribution in [0.2, 0.25) is 0 Å². The molecule has 0 bridgehead atoms. The predicted molar refractivity (Wildman–Crippen MR) is 55.1 cm³/mol. The summed E-state index contributed by atoms with van der Waals surface area (Å²) in [5, 5.41) is 20.1. The van der Waals surface area contributed by atoms with Crippen LogP contribution in [0.1, 0.15) is 18.1 Å². The number of carboxylic acid groups (broad SMARTS) is 1. The van der Waals surface area contributed by atoms with Crippen LogP contribution in [0.25, 0.3) is 0 Å². The Hall–Kier alpha value is -1.86. The topological polar surface area (TPSA) is 73.1 Å². The maximum atomic E-state index is 10.5. The second kappa shape index (κ2) is 5.13. The van der Waals surface area contributed by atoms with Gasteiger partial charge in [-0.15, -0.1) is 0 Å². The molecular weight excluding hydrogens is 192 g/mol. The highest BCUT2D eigenvalue weighted by molar-refractivity contribution is 5.72. The van der Waals surface area contributed by atoms with E-state index in [4.69, 9.17) is 10.4 Å². The highest BCUT2D eigenvalue weighted by atomic mass is 16.4. The molecule has 1 rings (SSSR count). The van der Waals surface area contributed by atoms with Crippen LogP contribution < -0.4 is 5.32 Å². The molecule has 1 atom stereocenters. The zero-order valence-electron chi connectivity index (χ0n) is 8.40. The molecule has 0 aliphatic heterocycles. The third-order valence-corrected chi connectivity index (χ3v) is 2.07. The minimum Gasteiger partial charge on any atom is -0.480 e. The van der Waals surface area contributed by atoms with Gasteiger partial charge in [-0.3, -0.25) is 4.79 Å². The Morgan fingerprint density at radius 2 is 2.13 bits per heavy atom. The summed E-state index contributed by atoms with van der Waals surface area (Å²) in [6.45, 7) is 2.07. The van der Waals surface area contributed by atoms with E-state index in [0.29, 0.717) is 12.1 Å². The van der Waals surface area contributed by atoms with Crippen molar-refractivity contribution in [3.05, 3.63) is 35.4 Å². The molecule has 2 N–H and O–H groups in total. The molecule has 0 saturated heterocycles. The first-order valence-corrected chi connectivity index (χ1v) is 4.58. The Kier molecular flexibility index (Phi) is 3.83. The quantitative estimate of drug-likeness (QED) is 0.770. The van der Waals surface area contributed by atoms with Gasteiger partial charge in [-0.05, 0) is 24.6 Å². The van der Waals surface area contributed by atoms with Crippen LogP contribution in [0.4, 0.5) is 0 Å². The van der Waals surface area contributed by atoms with Gasteiger partial charge < -0.3 is 10.4 Å². The molecule has 0 aromatic heterocycles. The van der Waals surface area contributed by atoms with Crippen molar-refractivity contribution in [2.24, 2.45) is 0 Å². The normalized spacial score (nSPS) is 11.7. The maximum absolute atomic E-state index is 10.5. The van der Waals surface area contributed by atoms with Gasteiger partial charge in [0.1, 0.15) is 6.04 Å². The van der Waals surface area contributed by atoms with Crippen LogP contribution in [0.5, 0.6) is 0 Å². The third-order valence-electron chi connectivity index (χ3n) is 2.07. The number of hydrogen-bond acceptors (Lipinski definition) is 3. The highest BCUT2D eigenvalue weighted by Crippen LogP contribution is 2.03. The zero-order chi connectivity index (χ0) is 11.3. The van der Waals surface area contributed by atoms with E-state index in [1.807, 2.05) is 6.07 Å². The summed E-state index contributed by atoms with van der Waals surface area (Å²) in [5.74, 6) is -0.872. The van der Waals surface area contributed by atoms with E-state index in [9.17, 15) is 4.79 Å². The number of aliphatic carboxylic acids is 1. The van der Waals surface area contributed by atoms with Crippen molar-refractivity contribution in [2.75, 3.05) is 0 Å². The molecule has 78 valence electrons. The van der Waals surface area contributed by atoms with Gasteiger partial charge in [0.2, 0.25) is 0 Å². The number of nitrogens with zero attached hydrogens (tertiary/aromatic N) is 1. The van der Waals surface area contributed by atoms with Gasteiger partial charge in [-0.25, -0.2) is 0 Å². The first-order valence-electron chi connectivity index (χ1n) is 4.58. The molecule has 1 aromatic rings. The predicted octanol–water partition coefficient (Wildman–Crippen LogP) is 1.12. The lowest BCUT2D eigenvalue weighted by Gasteiger charge is -2.08. The van der Waals surface area contributed by atoms with E-state index in [2.05, 4.69) is 5.32 Å². The van der Waals surface area contributed by atoms with Crippen LogP contribution in [-0.2, 0) is 11.3 Å². The smallest absolute Gasteiger partial charge is 0.320 e. The van der Waals surface area contributed by atoms with E-state index < -0.39 is 12.0 Å². The summed E-state index contributed by atoms with van der Waals surface area (Å²) < 4.78 is 0. The number of carbonyl (C=O) groups is 1. The molecule has 0 amide bonds. The SMILES string of the molecule is C[C@@H](NCc1ccc(C#N)cc1)C(=O)O. The minimum absolute atomic E-state index is 0.485. The number of hydrogen-bond donors (Lipinski definition) is 2. The summed E-state index contributed by atoms with van der Waals surface area (Å²) in [4.78, 5) is 10.5. The standard InChI is InChI=1S/C11H12N2O2/c1-8(11(14)15)13-7-10-4-2-9(6-12)3-5-10/h2-5,8,13H,7H2,1H3,(H,14,15)/t8-/m1/s1. The minimum atomic E-state index is -0.872. The Labute approximate surface area is 88.2 Å². The zero-order valence-corrected chi connectivity index (χ0v) is 8.40.